The van der Waals surface area contributed by atoms with Crippen LogP contribution in [-0.4, -0.2) is 17.7 Å². The lowest BCUT2D eigenvalue weighted by Crippen LogP contribution is -2.04. The Morgan fingerprint density at radius 1 is 1.05 bits per heavy atom. The quantitative estimate of drug-likeness (QED) is 0.413. The van der Waals surface area contributed by atoms with Crippen molar-refractivity contribution in [2.24, 2.45) is 4.99 Å². The molecular formula is C15H14Cl2N2S. The Labute approximate surface area is 133 Å². The van der Waals surface area contributed by atoms with E-state index in [1.54, 1.807) is 18.3 Å². The Morgan fingerprint density at radius 2 is 1.70 bits per heavy atom. The first-order valence-corrected chi connectivity index (χ1v) is 7.54. The minimum absolute atomic E-state index is 0.727. The SMILES string of the molecule is Cc1cc(Cl)ccc1N=CN(C)Sc1ccc(Cl)cc1. The Balaban J connectivity index is 2.01. The summed E-state index contributed by atoms with van der Waals surface area (Å²) in [6.07, 6.45) is 1.79. The molecule has 0 aliphatic heterocycles. The molecule has 0 radical (unpaired) electrons. The van der Waals surface area contributed by atoms with E-state index in [2.05, 4.69) is 4.99 Å². The second kappa shape index (κ2) is 7.02. The highest BCUT2D eigenvalue weighted by Crippen LogP contribution is 2.24. The van der Waals surface area contributed by atoms with E-state index in [0.717, 1.165) is 26.2 Å². The number of hydrogen-bond acceptors (Lipinski definition) is 2. The number of aliphatic imine (C=N–C) groups is 1. The zero-order chi connectivity index (χ0) is 14.5. The van der Waals surface area contributed by atoms with E-state index in [-0.39, 0.29) is 0 Å². The monoisotopic (exact) mass is 324 g/mol. The van der Waals surface area contributed by atoms with Crippen LogP contribution in [0, 0.1) is 6.92 Å². The Hall–Kier alpha value is -1.16. The van der Waals surface area contributed by atoms with Gasteiger partial charge in [-0.2, -0.15) is 0 Å². The van der Waals surface area contributed by atoms with Crippen LogP contribution in [0.25, 0.3) is 0 Å². The van der Waals surface area contributed by atoms with Crippen LogP contribution in [0.2, 0.25) is 10.0 Å². The Bertz CT molecular complexity index is 612. The van der Waals surface area contributed by atoms with Crippen molar-refractivity contribution in [1.82, 2.24) is 4.31 Å². The molecule has 0 saturated heterocycles. The van der Waals surface area contributed by atoms with Gasteiger partial charge in [0, 0.05) is 22.0 Å². The number of halogens is 2. The third-order valence-corrected chi connectivity index (χ3v) is 3.93. The van der Waals surface area contributed by atoms with Crippen LogP contribution in [0.3, 0.4) is 0 Å². The minimum atomic E-state index is 0.727. The minimum Gasteiger partial charge on any atom is -0.306 e. The first-order chi connectivity index (χ1) is 9.54. The average molecular weight is 325 g/mol. The first kappa shape index (κ1) is 15.2. The van der Waals surface area contributed by atoms with Crippen molar-refractivity contribution in [3.05, 3.63) is 58.1 Å². The zero-order valence-electron chi connectivity index (χ0n) is 11.2. The maximum Gasteiger partial charge on any atom is 0.101 e. The molecule has 0 bridgehead atoms. The summed E-state index contributed by atoms with van der Waals surface area (Å²) in [7, 11) is 1.95. The highest BCUT2D eigenvalue weighted by atomic mass is 35.5. The topological polar surface area (TPSA) is 15.6 Å². The lowest BCUT2D eigenvalue weighted by atomic mass is 10.2. The summed E-state index contributed by atoms with van der Waals surface area (Å²) in [6, 6.07) is 13.4. The average Bonchev–Trinajstić information content (AvgIpc) is 2.40. The van der Waals surface area contributed by atoms with Gasteiger partial charge < -0.3 is 4.31 Å². The summed E-state index contributed by atoms with van der Waals surface area (Å²) in [5, 5.41) is 1.47. The predicted molar refractivity (Wildman–Crippen MR) is 89.4 cm³/mol. The fraction of sp³-hybridized carbons (Fsp3) is 0.133. The molecule has 0 spiro atoms. The van der Waals surface area contributed by atoms with Crippen molar-refractivity contribution in [1.29, 1.82) is 0 Å². The van der Waals surface area contributed by atoms with Crippen LogP contribution in [-0.2, 0) is 0 Å². The van der Waals surface area contributed by atoms with E-state index in [9.17, 15) is 0 Å². The van der Waals surface area contributed by atoms with Crippen LogP contribution in [0.15, 0.2) is 52.4 Å². The molecule has 0 amide bonds. The highest BCUT2D eigenvalue weighted by Gasteiger charge is 2.00. The Morgan fingerprint density at radius 3 is 2.35 bits per heavy atom. The molecule has 2 nitrogen and oxygen atoms in total. The molecule has 0 heterocycles. The molecule has 0 aromatic heterocycles. The standard InChI is InChI=1S/C15H14Cl2N2S/c1-11-9-13(17)5-8-15(11)18-10-19(2)20-14-6-3-12(16)4-7-14/h3-10H,1-2H3. The summed E-state index contributed by atoms with van der Waals surface area (Å²) in [5.41, 5.74) is 1.97. The number of rotatable bonds is 4. The van der Waals surface area contributed by atoms with Crippen molar-refractivity contribution < 1.29 is 0 Å². The van der Waals surface area contributed by atoms with E-state index in [4.69, 9.17) is 23.2 Å². The van der Waals surface area contributed by atoms with Gasteiger partial charge in [0.2, 0.25) is 0 Å². The van der Waals surface area contributed by atoms with Gasteiger partial charge in [-0.05, 0) is 66.9 Å². The van der Waals surface area contributed by atoms with Gasteiger partial charge in [0.1, 0.15) is 6.34 Å². The van der Waals surface area contributed by atoms with Gasteiger partial charge in [-0.25, -0.2) is 4.99 Å². The van der Waals surface area contributed by atoms with Crippen molar-refractivity contribution in [2.45, 2.75) is 11.8 Å². The van der Waals surface area contributed by atoms with Crippen LogP contribution in [0.1, 0.15) is 5.56 Å². The second-order valence-electron chi connectivity index (χ2n) is 4.27. The Kier molecular flexibility index (Phi) is 5.35. The molecule has 0 fully saturated rings. The van der Waals surface area contributed by atoms with E-state index in [1.807, 2.05) is 60.7 Å². The molecule has 2 aromatic carbocycles. The maximum absolute atomic E-state index is 5.92. The van der Waals surface area contributed by atoms with Gasteiger partial charge in [-0.15, -0.1) is 0 Å². The van der Waals surface area contributed by atoms with E-state index < -0.39 is 0 Å². The van der Waals surface area contributed by atoms with Crippen molar-refractivity contribution >= 4 is 47.2 Å². The predicted octanol–water partition coefficient (Wildman–Crippen LogP) is 5.60. The molecule has 0 aliphatic carbocycles. The molecule has 0 unspecified atom stereocenters. The number of benzene rings is 2. The lowest BCUT2D eigenvalue weighted by Gasteiger charge is -2.11. The number of hydrogen-bond donors (Lipinski definition) is 0. The molecule has 5 heteroatoms. The van der Waals surface area contributed by atoms with E-state index in [1.165, 1.54) is 0 Å². The van der Waals surface area contributed by atoms with Crippen molar-refractivity contribution in [2.75, 3.05) is 7.05 Å². The van der Waals surface area contributed by atoms with Gasteiger partial charge >= 0.3 is 0 Å². The van der Waals surface area contributed by atoms with E-state index in [0.29, 0.717) is 0 Å². The van der Waals surface area contributed by atoms with Crippen LogP contribution >= 0.6 is 35.1 Å². The molecular weight excluding hydrogens is 311 g/mol. The normalized spacial score (nSPS) is 11.0. The number of aryl methyl sites for hydroxylation is 1. The number of nitrogens with zero attached hydrogens (tertiary/aromatic N) is 2. The first-order valence-electron chi connectivity index (χ1n) is 6.01. The fourth-order valence-corrected chi connectivity index (χ4v) is 2.63. The largest absolute Gasteiger partial charge is 0.306 e. The zero-order valence-corrected chi connectivity index (χ0v) is 13.5. The molecule has 2 rings (SSSR count). The summed E-state index contributed by atoms with van der Waals surface area (Å²) in [4.78, 5) is 5.56. The third kappa shape index (κ3) is 4.44. The van der Waals surface area contributed by atoms with Crippen molar-refractivity contribution in [3.63, 3.8) is 0 Å². The van der Waals surface area contributed by atoms with Gasteiger partial charge in [-0.3, -0.25) is 0 Å². The second-order valence-corrected chi connectivity index (χ2v) is 6.37. The molecule has 0 saturated carbocycles. The van der Waals surface area contributed by atoms with Gasteiger partial charge in [0.25, 0.3) is 0 Å². The highest BCUT2D eigenvalue weighted by molar-refractivity contribution is 7.97. The fourth-order valence-electron chi connectivity index (χ4n) is 1.59. The maximum atomic E-state index is 5.92. The summed E-state index contributed by atoms with van der Waals surface area (Å²) < 4.78 is 1.94. The van der Waals surface area contributed by atoms with Crippen LogP contribution < -0.4 is 0 Å². The van der Waals surface area contributed by atoms with Gasteiger partial charge in [0.15, 0.2) is 0 Å². The summed E-state index contributed by atoms with van der Waals surface area (Å²) in [6.45, 7) is 1.99. The third-order valence-electron chi connectivity index (χ3n) is 2.58. The van der Waals surface area contributed by atoms with Gasteiger partial charge in [-0.1, -0.05) is 23.2 Å². The summed E-state index contributed by atoms with van der Waals surface area (Å²) >= 11 is 13.4. The molecule has 0 atom stereocenters. The van der Waals surface area contributed by atoms with E-state index >= 15 is 0 Å². The molecule has 0 N–H and O–H groups in total. The molecule has 2 aromatic rings. The molecule has 20 heavy (non-hydrogen) atoms. The molecule has 104 valence electrons. The summed E-state index contributed by atoms with van der Waals surface area (Å²) in [5.74, 6) is 0. The lowest BCUT2D eigenvalue weighted by molar-refractivity contribution is 0.869. The molecule has 0 aliphatic rings. The van der Waals surface area contributed by atoms with Crippen LogP contribution in [0.5, 0.6) is 0 Å². The van der Waals surface area contributed by atoms with Gasteiger partial charge in [0.05, 0.1) is 5.69 Å². The van der Waals surface area contributed by atoms with Crippen LogP contribution in [0.4, 0.5) is 5.69 Å². The van der Waals surface area contributed by atoms with Crippen molar-refractivity contribution in [3.8, 4) is 0 Å². The smallest absolute Gasteiger partial charge is 0.101 e.